The highest BCUT2D eigenvalue weighted by Crippen LogP contribution is 2.19. The summed E-state index contributed by atoms with van der Waals surface area (Å²) in [5, 5.41) is 11.6. The summed E-state index contributed by atoms with van der Waals surface area (Å²) in [5.74, 6) is 1.16. The zero-order valence-electron chi connectivity index (χ0n) is 12.8. The van der Waals surface area contributed by atoms with Gasteiger partial charge in [-0.25, -0.2) is 0 Å². The van der Waals surface area contributed by atoms with E-state index in [2.05, 4.69) is 34.6 Å². The van der Waals surface area contributed by atoms with Gasteiger partial charge in [0.2, 0.25) is 11.8 Å². The molecule has 1 aromatic heterocycles. The van der Waals surface area contributed by atoms with Crippen LogP contribution in [0.1, 0.15) is 30.0 Å². The first-order chi connectivity index (χ1) is 10.7. The largest absolute Gasteiger partial charge is 0.419 e. The quantitative estimate of drug-likeness (QED) is 0.775. The maximum absolute atomic E-state index is 5.73. The van der Waals surface area contributed by atoms with Gasteiger partial charge in [0.15, 0.2) is 0 Å². The van der Waals surface area contributed by atoms with Gasteiger partial charge in [-0.2, -0.15) is 0 Å². The van der Waals surface area contributed by atoms with E-state index in [1.54, 1.807) is 0 Å². The van der Waals surface area contributed by atoms with E-state index in [0.717, 1.165) is 5.56 Å². The summed E-state index contributed by atoms with van der Waals surface area (Å²) in [6, 6.07) is 18.6. The molecule has 0 aliphatic rings. The van der Waals surface area contributed by atoms with Crippen molar-refractivity contribution in [2.45, 2.75) is 26.4 Å². The molecule has 0 spiro atoms. The van der Waals surface area contributed by atoms with Crippen LogP contribution in [0.4, 0.5) is 0 Å². The molecule has 0 saturated heterocycles. The van der Waals surface area contributed by atoms with Gasteiger partial charge in [0.1, 0.15) is 0 Å². The van der Waals surface area contributed by atoms with Crippen molar-refractivity contribution in [3.8, 4) is 11.5 Å². The molecule has 0 saturated carbocycles. The molecule has 1 atom stereocenters. The molecule has 3 aromatic rings. The molecule has 1 heterocycles. The van der Waals surface area contributed by atoms with Crippen LogP contribution in [0.15, 0.2) is 59.0 Å². The van der Waals surface area contributed by atoms with Crippen LogP contribution in [-0.2, 0) is 6.54 Å². The Hall–Kier alpha value is -2.46. The lowest BCUT2D eigenvalue weighted by atomic mass is 10.1. The Labute approximate surface area is 130 Å². The Bertz CT molecular complexity index is 737. The summed E-state index contributed by atoms with van der Waals surface area (Å²) in [4.78, 5) is 0. The molecule has 4 heteroatoms. The summed E-state index contributed by atoms with van der Waals surface area (Å²) < 4.78 is 5.73. The molecule has 0 bridgehead atoms. The Morgan fingerprint density at radius 2 is 1.86 bits per heavy atom. The number of hydrogen-bond acceptors (Lipinski definition) is 4. The molecule has 0 aliphatic carbocycles. The molecule has 0 aliphatic heterocycles. The minimum absolute atomic E-state index is 0.232. The maximum Gasteiger partial charge on any atom is 0.247 e. The van der Waals surface area contributed by atoms with E-state index in [4.69, 9.17) is 4.42 Å². The molecular formula is C18H19N3O. The summed E-state index contributed by atoms with van der Waals surface area (Å²) in [5.41, 5.74) is 3.36. The Morgan fingerprint density at radius 3 is 2.64 bits per heavy atom. The molecule has 1 unspecified atom stereocenters. The lowest BCUT2D eigenvalue weighted by molar-refractivity contribution is 0.454. The number of aryl methyl sites for hydroxylation is 1. The van der Waals surface area contributed by atoms with Crippen LogP contribution < -0.4 is 5.32 Å². The van der Waals surface area contributed by atoms with Crippen molar-refractivity contribution in [3.63, 3.8) is 0 Å². The van der Waals surface area contributed by atoms with Gasteiger partial charge in [-0.1, -0.05) is 48.0 Å². The number of benzene rings is 2. The summed E-state index contributed by atoms with van der Waals surface area (Å²) >= 11 is 0. The van der Waals surface area contributed by atoms with Gasteiger partial charge in [0.05, 0.1) is 6.54 Å². The van der Waals surface area contributed by atoms with Crippen molar-refractivity contribution < 1.29 is 4.42 Å². The smallest absolute Gasteiger partial charge is 0.247 e. The Morgan fingerprint density at radius 1 is 1.05 bits per heavy atom. The second kappa shape index (κ2) is 6.54. The van der Waals surface area contributed by atoms with Crippen LogP contribution in [0.2, 0.25) is 0 Å². The molecule has 0 radical (unpaired) electrons. The van der Waals surface area contributed by atoms with Gasteiger partial charge in [-0.15, -0.1) is 10.2 Å². The van der Waals surface area contributed by atoms with E-state index in [1.165, 1.54) is 11.1 Å². The summed E-state index contributed by atoms with van der Waals surface area (Å²) in [6.45, 7) is 4.71. The van der Waals surface area contributed by atoms with Gasteiger partial charge < -0.3 is 9.73 Å². The van der Waals surface area contributed by atoms with E-state index in [0.29, 0.717) is 18.3 Å². The standard InChI is InChI=1S/C18H19N3O/c1-13-7-6-10-16(11-13)18-21-20-17(22-18)12-19-14(2)15-8-4-3-5-9-15/h3-11,14,19H,12H2,1-2H3. The average molecular weight is 293 g/mol. The number of nitrogens with one attached hydrogen (secondary N) is 1. The van der Waals surface area contributed by atoms with E-state index in [-0.39, 0.29) is 6.04 Å². The van der Waals surface area contributed by atoms with Gasteiger partial charge in [-0.3, -0.25) is 0 Å². The molecule has 4 nitrogen and oxygen atoms in total. The first-order valence-corrected chi connectivity index (χ1v) is 7.40. The first-order valence-electron chi connectivity index (χ1n) is 7.40. The predicted molar refractivity (Wildman–Crippen MR) is 86.2 cm³/mol. The fourth-order valence-corrected chi connectivity index (χ4v) is 2.32. The van der Waals surface area contributed by atoms with Gasteiger partial charge in [0.25, 0.3) is 0 Å². The van der Waals surface area contributed by atoms with Crippen molar-refractivity contribution in [2.24, 2.45) is 0 Å². The highest BCUT2D eigenvalue weighted by Gasteiger charge is 2.10. The molecular weight excluding hydrogens is 274 g/mol. The van der Waals surface area contributed by atoms with Crippen LogP contribution >= 0.6 is 0 Å². The van der Waals surface area contributed by atoms with Crippen molar-refractivity contribution in [1.82, 2.24) is 15.5 Å². The fourth-order valence-electron chi connectivity index (χ4n) is 2.32. The maximum atomic E-state index is 5.73. The highest BCUT2D eigenvalue weighted by atomic mass is 16.4. The number of hydrogen-bond donors (Lipinski definition) is 1. The minimum Gasteiger partial charge on any atom is -0.419 e. The Balaban J connectivity index is 1.65. The van der Waals surface area contributed by atoms with E-state index >= 15 is 0 Å². The van der Waals surface area contributed by atoms with Crippen molar-refractivity contribution >= 4 is 0 Å². The van der Waals surface area contributed by atoms with Crippen LogP contribution in [0.25, 0.3) is 11.5 Å². The topological polar surface area (TPSA) is 51.0 Å². The first kappa shape index (κ1) is 14.5. The van der Waals surface area contributed by atoms with Crippen LogP contribution in [0.5, 0.6) is 0 Å². The molecule has 3 rings (SSSR count). The molecule has 0 fully saturated rings. The van der Waals surface area contributed by atoms with Crippen molar-refractivity contribution in [3.05, 3.63) is 71.6 Å². The third kappa shape index (κ3) is 3.40. The summed E-state index contributed by atoms with van der Waals surface area (Å²) in [6.07, 6.45) is 0. The number of nitrogens with zero attached hydrogens (tertiary/aromatic N) is 2. The monoisotopic (exact) mass is 293 g/mol. The normalized spacial score (nSPS) is 12.3. The van der Waals surface area contributed by atoms with E-state index < -0.39 is 0 Å². The third-order valence-electron chi connectivity index (χ3n) is 3.59. The number of aromatic nitrogens is 2. The van der Waals surface area contributed by atoms with E-state index in [1.807, 2.05) is 49.4 Å². The Kier molecular flexibility index (Phi) is 4.30. The molecule has 0 amide bonds. The van der Waals surface area contributed by atoms with Gasteiger partial charge in [-0.05, 0) is 31.5 Å². The predicted octanol–water partition coefficient (Wildman–Crippen LogP) is 3.90. The highest BCUT2D eigenvalue weighted by molar-refractivity contribution is 5.53. The van der Waals surface area contributed by atoms with Crippen molar-refractivity contribution in [1.29, 1.82) is 0 Å². The second-order valence-electron chi connectivity index (χ2n) is 5.38. The minimum atomic E-state index is 0.232. The SMILES string of the molecule is Cc1cccc(-c2nnc(CNC(C)c3ccccc3)o2)c1. The zero-order chi connectivity index (χ0) is 15.4. The molecule has 1 N–H and O–H groups in total. The zero-order valence-corrected chi connectivity index (χ0v) is 12.8. The fraction of sp³-hybridized carbons (Fsp3) is 0.222. The molecule has 22 heavy (non-hydrogen) atoms. The lowest BCUT2D eigenvalue weighted by Gasteiger charge is -2.12. The van der Waals surface area contributed by atoms with Gasteiger partial charge in [0, 0.05) is 11.6 Å². The van der Waals surface area contributed by atoms with E-state index in [9.17, 15) is 0 Å². The lowest BCUT2D eigenvalue weighted by Crippen LogP contribution is -2.18. The van der Waals surface area contributed by atoms with Gasteiger partial charge >= 0.3 is 0 Å². The van der Waals surface area contributed by atoms with Crippen molar-refractivity contribution in [2.75, 3.05) is 0 Å². The second-order valence-corrected chi connectivity index (χ2v) is 5.38. The van der Waals surface area contributed by atoms with Crippen LogP contribution in [0, 0.1) is 6.92 Å². The van der Waals surface area contributed by atoms with Crippen LogP contribution in [-0.4, -0.2) is 10.2 Å². The summed E-state index contributed by atoms with van der Waals surface area (Å²) in [7, 11) is 0. The molecule has 112 valence electrons. The number of rotatable bonds is 5. The third-order valence-corrected chi connectivity index (χ3v) is 3.59. The van der Waals surface area contributed by atoms with Crippen LogP contribution in [0.3, 0.4) is 0 Å². The molecule has 2 aromatic carbocycles. The average Bonchev–Trinajstić information content (AvgIpc) is 3.02.